The molecule has 7 nitrogen and oxygen atoms in total. The first-order valence-electron chi connectivity index (χ1n) is 10.9. The Bertz CT molecular complexity index is 1420. The number of sulfone groups is 1. The maximum Gasteiger partial charge on any atom is 0.238 e. The van der Waals surface area contributed by atoms with Crippen LogP contribution in [-0.2, 0) is 26.6 Å². The van der Waals surface area contributed by atoms with Crippen LogP contribution >= 0.6 is 11.6 Å². The molecular weight excluding hydrogens is 448 g/mol. The van der Waals surface area contributed by atoms with Crippen molar-refractivity contribution in [1.29, 1.82) is 0 Å². The van der Waals surface area contributed by atoms with Crippen LogP contribution in [0.1, 0.15) is 43.1 Å². The largest absolute Gasteiger partial charge is 0.323 e. The lowest BCUT2D eigenvalue weighted by Crippen LogP contribution is -2.56. The molecular formula is C23H21ClN4O3S. The van der Waals surface area contributed by atoms with Crippen LogP contribution in [0, 0.1) is 5.41 Å². The summed E-state index contributed by atoms with van der Waals surface area (Å²) in [7, 11) is -2.87. The van der Waals surface area contributed by atoms with E-state index >= 15 is 0 Å². The van der Waals surface area contributed by atoms with E-state index in [2.05, 4.69) is 9.55 Å². The normalized spacial score (nSPS) is 24.0. The number of rotatable bonds is 3. The number of imidazole rings is 1. The molecule has 9 heteroatoms. The van der Waals surface area contributed by atoms with Gasteiger partial charge in [-0.1, -0.05) is 11.6 Å². The van der Waals surface area contributed by atoms with Crippen LogP contribution in [0.15, 0.2) is 36.7 Å². The van der Waals surface area contributed by atoms with Crippen LogP contribution in [-0.4, -0.2) is 40.4 Å². The molecule has 1 saturated heterocycles. The molecule has 2 aliphatic heterocycles. The lowest BCUT2D eigenvalue weighted by Gasteiger charge is -2.53. The molecule has 4 aliphatic rings. The second-order valence-electron chi connectivity index (χ2n) is 9.99. The van der Waals surface area contributed by atoms with Crippen LogP contribution in [0.4, 0.5) is 5.69 Å². The van der Waals surface area contributed by atoms with Gasteiger partial charge in [-0.25, -0.2) is 13.4 Å². The van der Waals surface area contributed by atoms with Crippen molar-refractivity contribution in [2.45, 2.75) is 43.7 Å². The fourth-order valence-corrected chi connectivity index (χ4v) is 8.70. The Hall–Kier alpha value is -2.45. The summed E-state index contributed by atoms with van der Waals surface area (Å²) in [5, 5.41) is 0.618. The highest BCUT2D eigenvalue weighted by Crippen LogP contribution is 2.58. The number of aromatic nitrogens is 3. The molecule has 4 heterocycles. The van der Waals surface area contributed by atoms with Crippen molar-refractivity contribution in [3.63, 3.8) is 0 Å². The maximum atomic E-state index is 13.4. The van der Waals surface area contributed by atoms with Crippen molar-refractivity contribution in [3.05, 3.63) is 53.1 Å². The molecule has 1 amide bonds. The fourth-order valence-electron chi connectivity index (χ4n) is 6.29. The summed E-state index contributed by atoms with van der Waals surface area (Å²) in [6.45, 7) is 0.368. The second-order valence-corrected chi connectivity index (χ2v) is 12.5. The average Bonchev–Trinajstić information content (AvgIpc) is 3.39. The molecule has 3 fully saturated rings. The number of carbonyl (C=O) groups is 1. The Morgan fingerprint density at radius 3 is 2.66 bits per heavy atom. The van der Waals surface area contributed by atoms with Crippen LogP contribution in [0.5, 0.6) is 0 Å². The SMILES string of the molecule is O=C1N(Cc2nc3cc(Cl)ccc3n2C2CC3(C2)CS(=O)(=O)C3)c2cnccc2C12CC2. The predicted octanol–water partition coefficient (Wildman–Crippen LogP) is 3.41. The Morgan fingerprint density at radius 2 is 1.94 bits per heavy atom. The topological polar surface area (TPSA) is 85.2 Å². The minimum absolute atomic E-state index is 0.0815. The number of nitrogens with zero attached hydrogens (tertiary/aromatic N) is 4. The van der Waals surface area contributed by atoms with Gasteiger partial charge in [0.15, 0.2) is 9.84 Å². The molecule has 7 rings (SSSR count). The Morgan fingerprint density at radius 1 is 1.16 bits per heavy atom. The molecule has 0 radical (unpaired) electrons. The van der Waals surface area contributed by atoms with E-state index in [0.29, 0.717) is 11.6 Å². The zero-order valence-electron chi connectivity index (χ0n) is 17.3. The molecule has 0 N–H and O–H groups in total. The van der Waals surface area contributed by atoms with Crippen molar-refractivity contribution in [2.24, 2.45) is 5.41 Å². The predicted molar refractivity (Wildman–Crippen MR) is 120 cm³/mol. The zero-order valence-corrected chi connectivity index (χ0v) is 18.9. The molecule has 0 bridgehead atoms. The molecule has 164 valence electrons. The van der Waals surface area contributed by atoms with Crippen molar-refractivity contribution >= 4 is 44.1 Å². The highest BCUT2D eigenvalue weighted by atomic mass is 35.5. The van der Waals surface area contributed by atoms with Crippen LogP contribution in [0.3, 0.4) is 0 Å². The second kappa shape index (κ2) is 5.91. The van der Waals surface area contributed by atoms with E-state index in [0.717, 1.165) is 53.8 Å². The molecule has 2 saturated carbocycles. The van der Waals surface area contributed by atoms with Crippen molar-refractivity contribution in [2.75, 3.05) is 16.4 Å². The summed E-state index contributed by atoms with van der Waals surface area (Å²) in [5.41, 5.74) is 3.27. The standard InChI is InChI=1S/C23H21ClN4O3S/c24-14-1-2-18-17(7-14)26-20(28(18)15-8-22(9-15)12-32(30,31)13-22)11-27-19-10-25-6-3-16(19)23(4-5-23)21(27)29/h1-3,6-7,10,15H,4-5,8-9,11-13H2. The van der Waals surface area contributed by atoms with Gasteiger partial charge in [0.05, 0.1) is 46.4 Å². The van der Waals surface area contributed by atoms with Gasteiger partial charge < -0.3 is 9.47 Å². The van der Waals surface area contributed by atoms with Gasteiger partial charge in [0.2, 0.25) is 5.91 Å². The number of carbonyl (C=O) groups excluding carboxylic acids is 1. The number of pyridine rings is 1. The van der Waals surface area contributed by atoms with Crippen molar-refractivity contribution in [3.8, 4) is 0 Å². The van der Waals surface area contributed by atoms with E-state index < -0.39 is 9.84 Å². The number of fused-ring (bicyclic) bond motifs is 3. The summed E-state index contributed by atoms with van der Waals surface area (Å²) in [6, 6.07) is 7.82. The van der Waals surface area contributed by atoms with Gasteiger partial charge in [-0.05, 0) is 55.5 Å². The van der Waals surface area contributed by atoms with Crippen LogP contribution < -0.4 is 4.90 Å². The number of halogens is 1. The Labute approximate surface area is 190 Å². The monoisotopic (exact) mass is 468 g/mol. The Kier molecular flexibility index (Phi) is 3.52. The lowest BCUT2D eigenvalue weighted by molar-refractivity contribution is -0.120. The molecule has 2 aliphatic carbocycles. The molecule has 3 aromatic rings. The summed E-state index contributed by atoms with van der Waals surface area (Å²) >= 11 is 6.23. The van der Waals surface area contributed by atoms with Gasteiger partial charge in [0, 0.05) is 22.7 Å². The first kappa shape index (κ1) is 19.1. The quantitative estimate of drug-likeness (QED) is 0.588. The van der Waals surface area contributed by atoms with Gasteiger partial charge in [0.25, 0.3) is 0 Å². The highest BCUT2D eigenvalue weighted by Gasteiger charge is 2.60. The molecule has 2 aromatic heterocycles. The van der Waals surface area contributed by atoms with Gasteiger partial charge in [0.1, 0.15) is 5.82 Å². The number of benzene rings is 1. The molecule has 0 atom stereocenters. The summed E-state index contributed by atoms with van der Waals surface area (Å²) in [6.07, 6.45) is 6.94. The number of hydrogen-bond acceptors (Lipinski definition) is 5. The number of amides is 1. The summed E-state index contributed by atoms with van der Waals surface area (Å²) in [5.74, 6) is 1.52. The lowest BCUT2D eigenvalue weighted by atomic mass is 9.67. The smallest absolute Gasteiger partial charge is 0.238 e. The van der Waals surface area contributed by atoms with E-state index in [9.17, 15) is 13.2 Å². The van der Waals surface area contributed by atoms with Crippen LogP contribution in [0.2, 0.25) is 5.02 Å². The van der Waals surface area contributed by atoms with E-state index in [1.165, 1.54) is 0 Å². The van der Waals surface area contributed by atoms with Gasteiger partial charge in [-0.3, -0.25) is 9.78 Å². The maximum absolute atomic E-state index is 13.4. The van der Waals surface area contributed by atoms with E-state index in [1.54, 1.807) is 12.4 Å². The van der Waals surface area contributed by atoms with E-state index in [1.807, 2.05) is 29.2 Å². The van der Waals surface area contributed by atoms with E-state index in [4.69, 9.17) is 16.6 Å². The highest BCUT2D eigenvalue weighted by molar-refractivity contribution is 7.92. The van der Waals surface area contributed by atoms with Crippen molar-refractivity contribution < 1.29 is 13.2 Å². The summed E-state index contributed by atoms with van der Waals surface area (Å²) < 4.78 is 25.8. The van der Waals surface area contributed by atoms with E-state index in [-0.39, 0.29) is 34.3 Å². The molecule has 32 heavy (non-hydrogen) atoms. The number of hydrogen-bond donors (Lipinski definition) is 0. The fraction of sp³-hybridized carbons (Fsp3) is 0.435. The Balaban J connectivity index is 1.28. The molecule has 1 aromatic carbocycles. The third kappa shape index (κ3) is 2.48. The van der Waals surface area contributed by atoms with Crippen molar-refractivity contribution in [1.82, 2.24) is 14.5 Å². The minimum Gasteiger partial charge on any atom is -0.323 e. The third-order valence-electron chi connectivity index (χ3n) is 7.79. The average molecular weight is 469 g/mol. The third-order valence-corrected chi connectivity index (χ3v) is 10.1. The first-order chi connectivity index (χ1) is 15.3. The van der Waals surface area contributed by atoms with Gasteiger partial charge >= 0.3 is 0 Å². The zero-order chi connectivity index (χ0) is 21.9. The van der Waals surface area contributed by atoms with Gasteiger partial charge in [-0.2, -0.15) is 0 Å². The first-order valence-corrected chi connectivity index (χ1v) is 13.1. The molecule has 0 unspecified atom stereocenters. The number of anilines is 1. The van der Waals surface area contributed by atoms with Gasteiger partial charge in [-0.15, -0.1) is 0 Å². The molecule has 2 spiro atoms. The summed E-state index contributed by atoms with van der Waals surface area (Å²) in [4.78, 5) is 24.4. The minimum atomic E-state index is -2.87. The van der Waals surface area contributed by atoms with Crippen LogP contribution in [0.25, 0.3) is 11.0 Å².